The molecule has 3 atom stereocenters. The minimum atomic E-state index is -0.935. The molecule has 0 radical (unpaired) electrons. The third-order valence-electron chi connectivity index (χ3n) is 3.91. The van der Waals surface area contributed by atoms with E-state index in [-0.39, 0.29) is 5.97 Å². The molecular formula is C15H29NO3. The van der Waals surface area contributed by atoms with E-state index in [0.29, 0.717) is 25.6 Å². The van der Waals surface area contributed by atoms with Gasteiger partial charge in [-0.25, -0.2) is 0 Å². The first-order valence-electron chi connectivity index (χ1n) is 7.49. The van der Waals surface area contributed by atoms with Crippen LogP contribution in [0.4, 0.5) is 0 Å². The van der Waals surface area contributed by atoms with Crippen molar-refractivity contribution in [2.75, 3.05) is 19.8 Å². The molecule has 0 aromatic rings. The van der Waals surface area contributed by atoms with Crippen LogP contribution >= 0.6 is 0 Å². The smallest absolute Gasteiger partial charge is 0.325 e. The van der Waals surface area contributed by atoms with Gasteiger partial charge in [0.1, 0.15) is 5.54 Å². The fraction of sp³-hybridized carbons (Fsp3) is 0.933. The second-order valence-electron chi connectivity index (χ2n) is 6.10. The summed E-state index contributed by atoms with van der Waals surface area (Å²) in [5.74, 6) is 1.15. The first-order chi connectivity index (χ1) is 8.95. The number of ether oxygens (including phenoxy) is 2. The van der Waals surface area contributed by atoms with E-state index in [1.807, 2.05) is 0 Å². The summed E-state index contributed by atoms with van der Waals surface area (Å²) in [5, 5.41) is 0. The van der Waals surface area contributed by atoms with Crippen LogP contribution in [0.25, 0.3) is 0 Å². The minimum absolute atomic E-state index is 0.343. The molecule has 3 unspecified atom stereocenters. The Morgan fingerprint density at radius 1 is 1.42 bits per heavy atom. The Kier molecular flexibility index (Phi) is 6.80. The summed E-state index contributed by atoms with van der Waals surface area (Å²) in [6, 6.07) is 0. The van der Waals surface area contributed by atoms with E-state index in [9.17, 15) is 4.79 Å². The van der Waals surface area contributed by atoms with E-state index in [1.165, 1.54) is 25.7 Å². The highest BCUT2D eigenvalue weighted by atomic mass is 16.5. The fourth-order valence-corrected chi connectivity index (χ4v) is 2.64. The van der Waals surface area contributed by atoms with Crippen molar-refractivity contribution in [3.05, 3.63) is 0 Å². The van der Waals surface area contributed by atoms with Gasteiger partial charge in [-0.1, -0.05) is 19.8 Å². The third kappa shape index (κ3) is 5.91. The zero-order chi connectivity index (χ0) is 14.3. The van der Waals surface area contributed by atoms with E-state index in [2.05, 4.69) is 6.92 Å². The van der Waals surface area contributed by atoms with E-state index < -0.39 is 5.54 Å². The Balaban J connectivity index is 2.17. The van der Waals surface area contributed by atoms with Gasteiger partial charge in [0, 0.05) is 13.2 Å². The standard InChI is InChI=1S/C15H29NO3/c1-4-19-14(17)15(3,16)8-9-18-11-13-7-5-6-12(2)10-13/h12-13H,4-11,16H2,1-3H3. The first-order valence-corrected chi connectivity index (χ1v) is 7.49. The van der Waals surface area contributed by atoms with Gasteiger partial charge in [0.25, 0.3) is 0 Å². The van der Waals surface area contributed by atoms with Crippen molar-refractivity contribution in [3.63, 3.8) is 0 Å². The Morgan fingerprint density at radius 3 is 2.79 bits per heavy atom. The summed E-state index contributed by atoms with van der Waals surface area (Å²) < 4.78 is 10.6. The van der Waals surface area contributed by atoms with Crippen molar-refractivity contribution >= 4 is 5.97 Å². The summed E-state index contributed by atoms with van der Waals surface area (Å²) in [4.78, 5) is 11.6. The summed E-state index contributed by atoms with van der Waals surface area (Å²) in [7, 11) is 0. The van der Waals surface area contributed by atoms with Crippen molar-refractivity contribution in [1.29, 1.82) is 0 Å². The van der Waals surface area contributed by atoms with Crippen LogP contribution in [0.1, 0.15) is 52.9 Å². The molecule has 1 rings (SSSR count). The molecule has 0 spiro atoms. The number of rotatable bonds is 7. The van der Waals surface area contributed by atoms with E-state index in [0.717, 1.165) is 12.5 Å². The molecule has 4 nitrogen and oxygen atoms in total. The maximum Gasteiger partial charge on any atom is 0.325 e. The van der Waals surface area contributed by atoms with Crippen LogP contribution in [-0.4, -0.2) is 31.3 Å². The average Bonchev–Trinajstić information content (AvgIpc) is 2.35. The average molecular weight is 271 g/mol. The number of hydrogen-bond donors (Lipinski definition) is 1. The molecule has 1 fully saturated rings. The van der Waals surface area contributed by atoms with Crippen molar-refractivity contribution in [1.82, 2.24) is 0 Å². The molecule has 0 bridgehead atoms. The molecule has 112 valence electrons. The largest absolute Gasteiger partial charge is 0.465 e. The van der Waals surface area contributed by atoms with Crippen LogP contribution in [0.15, 0.2) is 0 Å². The van der Waals surface area contributed by atoms with Gasteiger partial charge in [-0.3, -0.25) is 4.79 Å². The van der Waals surface area contributed by atoms with Crippen LogP contribution in [0, 0.1) is 11.8 Å². The van der Waals surface area contributed by atoms with Crippen molar-refractivity contribution in [2.45, 2.75) is 58.4 Å². The number of carbonyl (C=O) groups is 1. The maximum atomic E-state index is 11.6. The number of nitrogens with two attached hydrogens (primary N) is 1. The van der Waals surface area contributed by atoms with Crippen LogP contribution in [0.3, 0.4) is 0 Å². The highest BCUT2D eigenvalue weighted by Crippen LogP contribution is 2.28. The molecule has 0 saturated heterocycles. The van der Waals surface area contributed by atoms with Gasteiger partial charge >= 0.3 is 5.97 Å². The molecule has 4 heteroatoms. The van der Waals surface area contributed by atoms with Crippen LogP contribution < -0.4 is 5.73 Å². The maximum absolute atomic E-state index is 11.6. The summed E-state index contributed by atoms with van der Waals surface area (Å²) in [6.45, 7) is 7.49. The van der Waals surface area contributed by atoms with Crippen LogP contribution in [0.5, 0.6) is 0 Å². The summed E-state index contributed by atoms with van der Waals surface area (Å²) in [5.41, 5.74) is 5.00. The second kappa shape index (κ2) is 7.85. The quantitative estimate of drug-likeness (QED) is 0.571. The van der Waals surface area contributed by atoms with Gasteiger partial charge in [0.05, 0.1) is 6.61 Å². The van der Waals surface area contributed by atoms with Gasteiger partial charge in [-0.15, -0.1) is 0 Å². The van der Waals surface area contributed by atoms with E-state index in [1.54, 1.807) is 13.8 Å². The molecule has 1 saturated carbocycles. The Labute approximate surface area is 117 Å². The Morgan fingerprint density at radius 2 is 2.16 bits per heavy atom. The lowest BCUT2D eigenvalue weighted by Crippen LogP contribution is -2.47. The molecule has 0 aliphatic heterocycles. The molecule has 19 heavy (non-hydrogen) atoms. The molecule has 1 aliphatic rings. The van der Waals surface area contributed by atoms with Crippen molar-refractivity contribution < 1.29 is 14.3 Å². The molecule has 0 aromatic heterocycles. The summed E-state index contributed by atoms with van der Waals surface area (Å²) in [6.07, 6.45) is 5.70. The monoisotopic (exact) mass is 271 g/mol. The fourth-order valence-electron chi connectivity index (χ4n) is 2.64. The summed E-state index contributed by atoms with van der Waals surface area (Å²) >= 11 is 0. The SMILES string of the molecule is CCOC(=O)C(C)(N)CCOCC1CCCC(C)C1. The zero-order valence-corrected chi connectivity index (χ0v) is 12.6. The molecule has 2 N–H and O–H groups in total. The minimum Gasteiger partial charge on any atom is -0.465 e. The second-order valence-corrected chi connectivity index (χ2v) is 6.10. The highest BCUT2D eigenvalue weighted by molar-refractivity contribution is 5.79. The number of esters is 1. The van der Waals surface area contributed by atoms with Gasteiger partial charge in [0.15, 0.2) is 0 Å². The molecule has 1 aliphatic carbocycles. The van der Waals surface area contributed by atoms with Gasteiger partial charge in [-0.2, -0.15) is 0 Å². The highest BCUT2D eigenvalue weighted by Gasteiger charge is 2.29. The predicted molar refractivity (Wildman–Crippen MR) is 75.8 cm³/mol. The third-order valence-corrected chi connectivity index (χ3v) is 3.91. The topological polar surface area (TPSA) is 61.5 Å². The lowest BCUT2D eigenvalue weighted by Gasteiger charge is -2.27. The molecule has 0 aromatic carbocycles. The van der Waals surface area contributed by atoms with E-state index >= 15 is 0 Å². The molecule has 0 heterocycles. The van der Waals surface area contributed by atoms with E-state index in [4.69, 9.17) is 15.2 Å². The Hall–Kier alpha value is -0.610. The van der Waals surface area contributed by atoms with Crippen LogP contribution in [-0.2, 0) is 14.3 Å². The molecule has 0 amide bonds. The predicted octanol–water partition coefficient (Wildman–Crippen LogP) is 2.50. The molecular weight excluding hydrogens is 242 g/mol. The van der Waals surface area contributed by atoms with Gasteiger partial charge in [-0.05, 0) is 44.9 Å². The lowest BCUT2D eigenvalue weighted by molar-refractivity contribution is -0.149. The zero-order valence-electron chi connectivity index (χ0n) is 12.6. The number of carbonyl (C=O) groups excluding carboxylic acids is 1. The van der Waals surface area contributed by atoms with Gasteiger partial charge in [0.2, 0.25) is 0 Å². The normalized spacial score (nSPS) is 26.7. The lowest BCUT2D eigenvalue weighted by atomic mass is 9.83. The van der Waals surface area contributed by atoms with Crippen molar-refractivity contribution in [2.24, 2.45) is 17.6 Å². The first kappa shape index (κ1) is 16.4. The van der Waals surface area contributed by atoms with Crippen LogP contribution in [0.2, 0.25) is 0 Å². The Bertz CT molecular complexity index is 279. The number of hydrogen-bond acceptors (Lipinski definition) is 4. The van der Waals surface area contributed by atoms with Gasteiger partial charge < -0.3 is 15.2 Å². The van der Waals surface area contributed by atoms with Crippen molar-refractivity contribution in [3.8, 4) is 0 Å².